The van der Waals surface area contributed by atoms with Crippen LogP contribution in [0.25, 0.3) is 0 Å². The van der Waals surface area contributed by atoms with E-state index in [2.05, 4.69) is 16.1 Å². The first kappa shape index (κ1) is 11.4. The van der Waals surface area contributed by atoms with E-state index in [-0.39, 0.29) is 0 Å². The van der Waals surface area contributed by atoms with Gasteiger partial charge in [0.15, 0.2) is 0 Å². The summed E-state index contributed by atoms with van der Waals surface area (Å²) in [6, 6.07) is 0. The van der Waals surface area contributed by atoms with E-state index in [0.717, 1.165) is 6.08 Å². The first-order chi connectivity index (χ1) is 5.40. The zero-order chi connectivity index (χ0) is 9.78. The Balaban J connectivity index is 4.01. The van der Waals surface area contributed by atoms with Gasteiger partial charge in [-0.15, -0.1) is 0 Å². The predicted molar refractivity (Wildman–Crippen MR) is 42.3 cm³/mol. The highest BCUT2D eigenvalue weighted by molar-refractivity contribution is 7.53. The zero-order valence-electron chi connectivity index (χ0n) is 6.89. The number of carbonyl (C=O) groups excluding carboxylic acids is 1. The van der Waals surface area contributed by atoms with Crippen LogP contribution in [0.3, 0.4) is 0 Å². The number of rotatable bonds is 4. The summed E-state index contributed by atoms with van der Waals surface area (Å²) in [5.41, 5.74) is -0.616. The Hall–Kier alpha value is -0.640. The molecule has 70 valence electrons. The minimum Gasteiger partial charge on any atom is -0.322 e. The molecule has 0 aromatic carbocycles. The quantitative estimate of drug-likeness (QED) is 0.315. The lowest BCUT2D eigenvalue weighted by atomic mass is 10.6. The summed E-state index contributed by atoms with van der Waals surface area (Å²) in [6.07, 6.45) is 0.834. The molecule has 0 aliphatic rings. The Morgan fingerprint density at radius 3 is 2.50 bits per heavy atom. The third-order valence-corrected chi connectivity index (χ3v) is 2.64. The summed E-state index contributed by atoms with van der Waals surface area (Å²) in [6.45, 7) is 6.03. The van der Waals surface area contributed by atoms with Gasteiger partial charge in [-0.1, -0.05) is 25.1 Å². The van der Waals surface area contributed by atoms with Gasteiger partial charge in [-0.05, 0) is 0 Å². The van der Waals surface area contributed by atoms with Crippen LogP contribution in [0, 0.1) is 0 Å². The molecule has 1 atom stereocenters. The van der Waals surface area contributed by atoms with E-state index in [0.29, 0.717) is 0 Å². The van der Waals surface area contributed by atoms with Crippen LogP contribution in [0.2, 0.25) is 0 Å². The maximum absolute atomic E-state index is 11.0. The van der Waals surface area contributed by atoms with Crippen molar-refractivity contribution in [1.29, 1.82) is 0 Å². The Bertz CT molecular complexity index is 222. The summed E-state index contributed by atoms with van der Waals surface area (Å²) in [7, 11) is -3.82. The van der Waals surface area contributed by atoms with Crippen molar-refractivity contribution in [2.45, 2.75) is 19.5 Å². The minimum atomic E-state index is -3.82. The molecule has 0 saturated heterocycles. The molecule has 1 N–H and O–H groups in total. The fourth-order valence-electron chi connectivity index (χ4n) is 0.210. The Morgan fingerprint density at radius 1 is 1.67 bits per heavy atom. The molecule has 0 rings (SSSR count). The van der Waals surface area contributed by atoms with Crippen LogP contribution in [0.4, 0.5) is 0 Å². The van der Waals surface area contributed by atoms with E-state index in [9.17, 15) is 9.36 Å². The monoisotopic (exact) mass is 194 g/mol. The SMILES string of the molecule is C=CC(=O)OOP(=O)(O)C(C)C. The van der Waals surface area contributed by atoms with Crippen LogP contribution in [-0.4, -0.2) is 16.5 Å². The molecule has 0 saturated carbocycles. The van der Waals surface area contributed by atoms with Crippen molar-refractivity contribution in [2.75, 3.05) is 0 Å². The van der Waals surface area contributed by atoms with Gasteiger partial charge in [0.25, 0.3) is 0 Å². The van der Waals surface area contributed by atoms with Crippen LogP contribution >= 0.6 is 7.60 Å². The van der Waals surface area contributed by atoms with E-state index in [1.165, 1.54) is 13.8 Å². The molecule has 0 aliphatic carbocycles. The molecule has 0 aromatic rings. The Morgan fingerprint density at radius 2 is 2.17 bits per heavy atom. The van der Waals surface area contributed by atoms with Crippen LogP contribution in [0.15, 0.2) is 12.7 Å². The normalized spacial score (nSPS) is 15.3. The molecule has 0 heterocycles. The van der Waals surface area contributed by atoms with Crippen molar-refractivity contribution in [3.63, 3.8) is 0 Å². The highest BCUT2D eigenvalue weighted by Gasteiger charge is 2.27. The van der Waals surface area contributed by atoms with Gasteiger partial charge in [0.05, 0.1) is 5.66 Å². The van der Waals surface area contributed by atoms with Gasteiger partial charge in [-0.3, -0.25) is 9.45 Å². The lowest BCUT2D eigenvalue weighted by Crippen LogP contribution is -2.05. The third-order valence-electron chi connectivity index (χ3n) is 1.05. The molecular weight excluding hydrogens is 183 g/mol. The van der Waals surface area contributed by atoms with Crippen LogP contribution in [0.1, 0.15) is 13.8 Å². The zero-order valence-corrected chi connectivity index (χ0v) is 7.78. The van der Waals surface area contributed by atoms with Gasteiger partial charge in [0.1, 0.15) is 0 Å². The summed E-state index contributed by atoms with van der Waals surface area (Å²) >= 11 is 0. The Kier molecular flexibility index (Phi) is 4.17. The lowest BCUT2D eigenvalue weighted by Gasteiger charge is -2.11. The summed E-state index contributed by atoms with van der Waals surface area (Å²) in [4.78, 5) is 23.3. The van der Waals surface area contributed by atoms with Crippen molar-refractivity contribution in [2.24, 2.45) is 0 Å². The van der Waals surface area contributed by atoms with Gasteiger partial charge in [-0.25, -0.2) is 4.79 Å². The average Bonchev–Trinajstić information content (AvgIpc) is 2.00. The van der Waals surface area contributed by atoms with Gasteiger partial charge >= 0.3 is 13.6 Å². The molecule has 0 aliphatic heterocycles. The van der Waals surface area contributed by atoms with Crippen molar-refractivity contribution >= 4 is 13.6 Å². The summed E-state index contributed by atoms with van der Waals surface area (Å²) < 4.78 is 15.0. The average molecular weight is 194 g/mol. The van der Waals surface area contributed by atoms with Gasteiger partial charge in [0, 0.05) is 6.08 Å². The third kappa shape index (κ3) is 3.67. The second-order valence-electron chi connectivity index (χ2n) is 2.34. The van der Waals surface area contributed by atoms with Gasteiger partial charge in [0.2, 0.25) is 0 Å². The van der Waals surface area contributed by atoms with Crippen molar-refractivity contribution in [3.8, 4) is 0 Å². The largest absolute Gasteiger partial charge is 0.369 e. The van der Waals surface area contributed by atoms with Crippen LogP contribution < -0.4 is 0 Å². The molecule has 6 heteroatoms. The molecule has 0 spiro atoms. The standard InChI is InChI=1S/C6H11O5P/c1-4-6(7)10-11-12(8,9)5(2)3/h4-5H,1H2,2-3H3,(H,8,9). The second kappa shape index (κ2) is 4.40. The fraction of sp³-hybridized carbons (Fsp3) is 0.500. The maximum atomic E-state index is 11.0. The molecule has 1 unspecified atom stereocenters. The first-order valence-electron chi connectivity index (χ1n) is 3.25. The van der Waals surface area contributed by atoms with E-state index in [1.54, 1.807) is 0 Å². The summed E-state index contributed by atoms with van der Waals surface area (Å²) in [5, 5.41) is 0. The minimum absolute atomic E-state index is 0.616. The number of hydrogen-bond donors (Lipinski definition) is 1. The van der Waals surface area contributed by atoms with Crippen LogP contribution in [-0.2, 0) is 18.9 Å². The molecular formula is C6H11O5P. The van der Waals surface area contributed by atoms with E-state index >= 15 is 0 Å². The van der Waals surface area contributed by atoms with Crippen molar-refractivity contribution in [3.05, 3.63) is 12.7 Å². The van der Waals surface area contributed by atoms with Crippen molar-refractivity contribution in [1.82, 2.24) is 0 Å². The van der Waals surface area contributed by atoms with Crippen LogP contribution in [0.5, 0.6) is 0 Å². The van der Waals surface area contributed by atoms with E-state index in [4.69, 9.17) is 4.89 Å². The molecule has 12 heavy (non-hydrogen) atoms. The molecule has 0 aromatic heterocycles. The lowest BCUT2D eigenvalue weighted by molar-refractivity contribution is -0.211. The maximum Gasteiger partial charge on any atom is 0.369 e. The number of carbonyl (C=O) groups is 1. The van der Waals surface area contributed by atoms with E-state index < -0.39 is 19.2 Å². The Labute approximate surface area is 70.4 Å². The van der Waals surface area contributed by atoms with E-state index in [1.807, 2.05) is 0 Å². The molecule has 0 amide bonds. The van der Waals surface area contributed by atoms with Crippen molar-refractivity contribution < 1.29 is 23.8 Å². The molecule has 0 bridgehead atoms. The topological polar surface area (TPSA) is 72.8 Å². The predicted octanol–water partition coefficient (Wildman–Crippen LogP) is 1.24. The highest BCUT2D eigenvalue weighted by Crippen LogP contribution is 2.47. The molecule has 5 nitrogen and oxygen atoms in total. The van der Waals surface area contributed by atoms with Gasteiger partial charge in [-0.2, -0.15) is 0 Å². The first-order valence-corrected chi connectivity index (χ1v) is 4.90. The highest BCUT2D eigenvalue weighted by atomic mass is 31.2. The molecule has 0 radical (unpaired) electrons. The summed E-state index contributed by atoms with van der Waals surface area (Å²) in [5.74, 6) is -0.898. The molecule has 0 fully saturated rings. The fourth-order valence-corrected chi connectivity index (χ4v) is 0.563. The second-order valence-corrected chi connectivity index (χ2v) is 4.65. The number of hydrogen-bond acceptors (Lipinski definition) is 4. The van der Waals surface area contributed by atoms with Gasteiger partial charge < -0.3 is 4.89 Å². The smallest absolute Gasteiger partial charge is 0.322 e.